The molecule has 94 valence electrons. The average Bonchev–Trinajstić information content (AvgIpc) is 2.63. The molecule has 2 aromatic rings. The van der Waals surface area contributed by atoms with Gasteiger partial charge in [0, 0.05) is 15.8 Å². The van der Waals surface area contributed by atoms with Crippen molar-refractivity contribution in [2.24, 2.45) is 0 Å². The topological polar surface area (TPSA) is 17.1 Å². The summed E-state index contributed by atoms with van der Waals surface area (Å²) < 4.78 is 26.5. The smallest absolute Gasteiger partial charge is 0.178 e. The molecule has 0 bridgehead atoms. The van der Waals surface area contributed by atoms with E-state index in [4.69, 9.17) is 0 Å². The summed E-state index contributed by atoms with van der Waals surface area (Å²) in [6, 6.07) is 5.38. The van der Waals surface area contributed by atoms with E-state index in [1.165, 1.54) is 17.4 Å². The highest BCUT2D eigenvalue weighted by Gasteiger charge is 2.14. The molecule has 0 fully saturated rings. The molecule has 2 rings (SSSR count). The van der Waals surface area contributed by atoms with Crippen LogP contribution in [0.4, 0.5) is 8.78 Å². The van der Waals surface area contributed by atoms with Crippen molar-refractivity contribution in [1.29, 1.82) is 0 Å². The molecule has 0 atom stereocenters. The van der Waals surface area contributed by atoms with Crippen molar-refractivity contribution < 1.29 is 13.6 Å². The minimum Gasteiger partial charge on any atom is -0.293 e. The number of ketones is 1. The van der Waals surface area contributed by atoms with Gasteiger partial charge in [-0.15, -0.1) is 11.3 Å². The highest BCUT2D eigenvalue weighted by Crippen LogP contribution is 2.28. The summed E-state index contributed by atoms with van der Waals surface area (Å²) in [7, 11) is 0. The van der Waals surface area contributed by atoms with E-state index in [2.05, 4.69) is 15.9 Å². The molecule has 0 aliphatic rings. The standard InChI is InChI=1S/C13H9BrF2OS/c1-7-4-9(14)13(18-7)12(17)6-8-2-3-10(15)11(16)5-8/h2-5H,6H2,1H3. The van der Waals surface area contributed by atoms with Gasteiger partial charge in [0.05, 0.1) is 4.88 Å². The van der Waals surface area contributed by atoms with Crippen molar-refractivity contribution in [3.8, 4) is 0 Å². The average molecular weight is 331 g/mol. The monoisotopic (exact) mass is 330 g/mol. The Morgan fingerprint density at radius 1 is 1.28 bits per heavy atom. The van der Waals surface area contributed by atoms with Gasteiger partial charge in [-0.25, -0.2) is 8.78 Å². The molecule has 1 nitrogen and oxygen atoms in total. The molecule has 1 aromatic heterocycles. The van der Waals surface area contributed by atoms with E-state index in [9.17, 15) is 13.6 Å². The van der Waals surface area contributed by atoms with E-state index in [1.807, 2.05) is 13.0 Å². The van der Waals surface area contributed by atoms with Crippen LogP contribution in [-0.4, -0.2) is 5.78 Å². The lowest BCUT2D eigenvalue weighted by Gasteiger charge is -2.01. The summed E-state index contributed by atoms with van der Waals surface area (Å²) in [5, 5.41) is 0. The van der Waals surface area contributed by atoms with Crippen LogP contribution in [0.15, 0.2) is 28.7 Å². The largest absolute Gasteiger partial charge is 0.293 e. The van der Waals surface area contributed by atoms with Gasteiger partial charge in [-0.3, -0.25) is 4.79 Å². The molecule has 0 radical (unpaired) electrons. The summed E-state index contributed by atoms with van der Waals surface area (Å²) in [6.07, 6.45) is 0.0652. The van der Waals surface area contributed by atoms with Crippen LogP contribution < -0.4 is 0 Å². The van der Waals surface area contributed by atoms with E-state index in [0.717, 1.165) is 21.5 Å². The van der Waals surface area contributed by atoms with Crippen LogP contribution in [0.25, 0.3) is 0 Å². The molecular formula is C13H9BrF2OS. The zero-order valence-corrected chi connectivity index (χ0v) is 11.9. The van der Waals surface area contributed by atoms with Gasteiger partial charge in [0.2, 0.25) is 0 Å². The van der Waals surface area contributed by atoms with E-state index >= 15 is 0 Å². The van der Waals surface area contributed by atoms with Gasteiger partial charge in [-0.1, -0.05) is 6.07 Å². The van der Waals surface area contributed by atoms with Crippen LogP contribution in [0.2, 0.25) is 0 Å². The SMILES string of the molecule is Cc1cc(Br)c(C(=O)Cc2ccc(F)c(F)c2)s1. The fraction of sp³-hybridized carbons (Fsp3) is 0.154. The first-order valence-corrected chi connectivity index (χ1v) is 6.81. The zero-order valence-electron chi connectivity index (χ0n) is 9.47. The van der Waals surface area contributed by atoms with E-state index in [-0.39, 0.29) is 12.2 Å². The Morgan fingerprint density at radius 3 is 2.56 bits per heavy atom. The second kappa shape index (κ2) is 5.28. The molecule has 1 aromatic carbocycles. The second-order valence-corrected chi connectivity index (χ2v) is 5.99. The van der Waals surface area contributed by atoms with Crippen LogP contribution in [0.5, 0.6) is 0 Å². The van der Waals surface area contributed by atoms with Crippen molar-refractivity contribution >= 4 is 33.0 Å². The number of carbonyl (C=O) groups is 1. The van der Waals surface area contributed by atoms with Crippen molar-refractivity contribution in [3.63, 3.8) is 0 Å². The molecule has 0 unspecified atom stereocenters. The Hall–Kier alpha value is -1.07. The maximum atomic E-state index is 13.0. The minimum absolute atomic E-state index is 0.0652. The van der Waals surface area contributed by atoms with Crippen molar-refractivity contribution in [3.05, 3.63) is 55.7 Å². The molecular weight excluding hydrogens is 322 g/mol. The van der Waals surface area contributed by atoms with Crippen LogP contribution in [0.1, 0.15) is 20.1 Å². The van der Waals surface area contributed by atoms with Gasteiger partial charge in [-0.2, -0.15) is 0 Å². The Morgan fingerprint density at radius 2 is 2.00 bits per heavy atom. The molecule has 0 N–H and O–H groups in total. The van der Waals surface area contributed by atoms with E-state index in [1.54, 1.807) is 0 Å². The summed E-state index contributed by atoms with van der Waals surface area (Å²) in [6.45, 7) is 1.91. The molecule has 0 aliphatic carbocycles. The van der Waals surface area contributed by atoms with E-state index in [0.29, 0.717) is 10.4 Å². The minimum atomic E-state index is -0.929. The van der Waals surface area contributed by atoms with Crippen molar-refractivity contribution in [2.45, 2.75) is 13.3 Å². The molecule has 5 heteroatoms. The molecule has 0 amide bonds. The number of hydrogen-bond donors (Lipinski definition) is 0. The molecule has 0 saturated carbocycles. The van der Waals surface area contributed by atoms with Gasteiger partial charge < -0.3 is 0 Å². The molecule has 18 heavy (non-hydrogen) atoms. The fourth-order valence-electron chi connectivity index (χ4n) is 1.59. The van der Waals surface area contributed by atoms with Gasteiger partial charge >= 0.3 is 0 Å². The van der Waals surface area contributed by atoms with E-state index < -0.39 is 11.6 Å². The highest BCUT2D eigenvalue weighted by molar-refractivity contribution is 9.10. The third-order valence-electron chi connectivity index (χ3n) is 2.41. The molecule has 0 saturated heterocycles. The van der Waals surface area contributed by atoms with Crippen LogP contribution >= 0.6 is 27.3 Å². The Kier molecular flexibility index (Phi) is 3.92. The number of carbonyl (C=O) groups excluding carboxylic acids is 1. The number of benzene rings is 1. The summed E-state index contributed by atoms with van der Waals surface area (Å²) in [4.78, 5) is 13.6. The number of aryl methyl sites for hydroxylation is 1. The maximum Gasteiger partial charge on any atom is 0.178 e. The Labute approximate surface area is 116 Å². The van der Waals surface area contributed by atoms with Gasteiger partial charge in [0.15, 0.2) is 17.4 Å². The first-order chi connectivity index (χ1) is 8.47. The maximum absolute atomic E-state index is 13.0. The zero-order chi connectivity index (χ0) is 13.3. The Bertz CT molecular complexity index is 607. The lowest BCUT2D eigenvalue weighted by atomic mass is 10.1. The number of hydrogen-bond acceptors (Lipinski definition) is 2. The fourth-order valence-corrected chi connectivity index (χ4v) is 3.39. The summed E-state index contributed by atoms with van der Waals surface area (Å²) in [5.41, 5.74) is 0.469. The number of Topliss-reactive ketones (excluding diaryl/α,β-unsaturated/α-hetero) is 1. The second-order valence-electron chi connectivity index (χ2n) is 3.88. The molecule has 0 aliphatic heterocycles. The number of thiophene rings is 1. The molecule has 0 spiro atoms. The number of rotatable bonds is 3. The highest BCUT2D eigenvalue weighted by atomic mass is 79.9. The third-order valence-corrected chi connectivity index (χ3v) is 4.39. The normalized spacial score (nSPS) is 10.7. The predicted molar refractivity (Wildman–Crippen MR) is 71.1 cm³/mol. The van der Waals surface area contributed by atoms with Crippen LogP contribution in [-0.2, 0) is 6.42 Å². The van der Waals surface area contributed by atoms with Crippen LogP contribution in [0.3, 0.4) is 0 Å². The first-order valence-electron chi connectivity index (χ1n) is 5.20. The molecule has 1 heterocycles. The van der Waals surface area contributed by atoms with Gasteiger partial charge in [-0.05, 0) is 46.6 Å². The lowest BCUT2D eigenvalue weighted by molar-refractivity contribution is 0.0996. The summed E-state index contributed by atoms with van der Waals surface area (Å²) >= 11 is 4.70. The van der Waals surface area contributed by atoms with Gasteiger partial charge in [0.1, 0.15) is 0 Å². The quantitative estimate of drug-likeness (QED) is 0.756. The summed E-state index contributed by atoms with van der Waals surface area (Å²) in [5.74, 6) is -1.94. The predicted octanol–water partition coefficient (Wildman–Crippen LogP) is 4.52. The van der Waals surface area contributed by atoms with Gasteiger partial charge in [0.25, 0.3) is 0 Å². The third kappa shape index (κ3) is 2.84. The Balaban J connectivity index is 2.21. The lowest BCUT2D eigenvalue weighted by Crippen LogP contribution is -2.02. The number of halogens is 3. The van der Waals surface area contributed by atoms with Crippen LogP contribution in [0, 0.1) is 18.6 Å². The first kappa shape index (κ1) is 13.4. The van der Waals surface area contributed by atoms with Crippen molar-refractivity contribution in [2.75, 3.05) is 0 Å². The van der Waals surface area contributed by atoms with Crippen molar-refractivity contribution in [1.82, 2.24) is 0 Å².